The van der Waals surface area contributed by atoms with E-state index in [2.05, 4.69) is 30.5 Å². The first-order chi connectivity index (χ1) is 14.4. The smallest absolute Gasteiger partial charge is 0.306 e. The van der Waals surface area contributed by atoms with Crippen LogP contribution >= 0.6 is 0 Å². The summed E-state index contributed by atoms with van der Waals surface area (Å²) in [4.78, 5) is 25.6. The van der Waals surface area contributed by atoms with E-state index in [1.807, 2.05) is 32.3 Å². The lowest BCUT2D eigenvalue weighted by molar-refractivity contribution is -0.387. The van der Waals surface area contributed by atoms with Gasteiger partial charge in [0.25, 0.3) is 0 Å². The number of nitro groups is 1. The van der Waals surface area contributed by atoms with Crippen LogP contribution in [0.25, 0.3) is 11.4 Å². The van der Waals surface area contributed by atoms with Gasteiger partial charge in [0.15, 0.2) is 0 Å². The van der Waals surface area contributed by atoms with Crippen LogP contribution in [0.15, 0.2) is 48.7 Å². The second-order valence-electron chi connectivity index (χ2n) is 6.81. The summed E-state index contributed by atoms with van der Waals surface area (Å²) in [5.74, 6) is -0.0941. The molecule has 0 aliphatic carbocycles. The van der Waals surface area contributed by atoms with Crippen molar-refractivity contribution in [3.05, 3.63) is 64.6 Å². The van der Waals surface area contributed by atoms with Gasteiger partial charge < -0.3 is 15.5 Å². The maximum atomic E-state index is 13.6. The SMILES string of the molecule is CN(C)CCCNc1nc(Nc2ccc(F)c([N+](=O)[O-])c2)cc(-c2ccccn2)n1. The minimum atomic E-state index is -0.898. The molecule has 0 bridgehead atoms. The zero-order valence-corrected chi connectivity index (χ0v) is 16.7. The van der Waals surface area contributed by atoms with Gasteiger partial charge in [-0.05, 0) is 51.3 Å². The lowest BCUT2D eigenvalue weighted by atomic mass is 10.2. The Hall–Kier alpha value is -3.66. The van der Waals surface area contributed by atoms with Gasteiger partial charge >= 0.3 is 5.69 Å². The van der Waals surface area contributed by atoms with Crippen molar-refractivity contribution in [2.24, 2.45) is 0 Å². The summed E-state index contributed by atoms with van der Waals surface area (Å²) in [6.45, 7) is 1.59. The summed E-state index contributed by atoms with van der Waals surface area (Å²) in [6, 6.07) is 10.7. The summed E-state index contributed by atoms with van der Waals surface area (Å²) >= 11 is 0. The van der Waals surface area contributed by atoms with Gasteiger partial charge in [-0.1, -0.05) is 6.07 Å². The Balaban J connectivity index is 1.88. The van der Waals surface area contributed by atoms with E-state index >= 15 is 0 Å². The van der Waals surface area contributed by atoms with E-state index in [9.17, 15) is 14.5 Å². The van der Waals surface area contributed by atoms with Gasteiger partial charge in [0, 0.05) is 30.6 Å². The summed E-state index contributed by atoms with van der Waals surface area (Å²) in [5, 5.41) is 17.2. The Morgan fingerprint density at radius 2 is 1.97 bits per heavy atom. The van der Waals surface area contributed by atoms with Gasteiger partial charge in [-0.2, -0.15) is 9.37 Å². The fourth-order valence-corrected chi connectivity index (χ4v) is 2.71. The van der Waals surface area contributed by atoms with E-state index < -0.39 is 16.4 Å². The first-order valence-corrected chi connectivity index (χ1v) is 9.32. The van der Waals surface area contributed by atoms with Crippen molar-refractivity contribution >= 4 is 23.1 Å². The highest BCUT2D eigenvalue weighted by molar-refractivity contribution is 5.66. The van der Waals surface area contributed by atoms with Crippen LogP contribution in [0.5, 0.6) is 0 Å². The Morgan fingerprint density at radius 1 is 1.13 bits per heavy atom. The molecule has 1 aromatic carbocycles. The van der Waals surface area contributed by atoms with Crippen LogP contribution in [0.1, 0.15) is 6.42 Å². The van der Waals surface area contributed by atoms with Crippen LogP contribution in [-0.4, -0.2) is 52.0 Å². The van der Waals surface area contributed by atoms with Crippen molar-refractivity contribution < 1.29 is 9.31 Å². The molecule has 0 saturated carbocycles. The topological polar surface area (TPSA) is 109 Å². The standard InChI is InChI=1S/C20H22FN7O2/c1-27(2)11-5-10-23-20-25-17(16-6-3-4-9-22-16)13-19(26-20)24-14-7-8-15(21)18(12-14)28(29)30/h3-4,6-9,12-13H,5,10-11H2,1-2H3,(H2,23,24,25,26). The number of nitrogens with one attached hydrogen (secondary N) is 2. The third-order valence-corrected chi connectivity index (χ3v) is 4.13. The van der Waals surface area contributed by atoms with E-state index in [1.165, 1.54) is 6.07 Å². The Morgan fingerprint density at radius 3 is 2.67 bits per heavy atom. The third kappa shape index (κ3) is 5.67. The molecular formula is C20H22FN7O2. The molecule has 0 aliphatic heterocycles. The van der Waals surface area contributed by atoms with Gasteiger partial charge in [0.05, 0.1) is 16.3 Å². The van der Waals surface area contributed by atoms with Crippen molar-refractivity contribution in [3.63, 3.8) is 0 Å². The van der Waals surface area contributed by atoms with Crippen molar-refractivity contribution in [3.8, 4) is 11.4 Å². The molecule has 156 valence electrons. The number of nitrogens with zero attached hydrogens (tertiary/aromatic N) is 5. The summed E-state index contributed by atoms with van der Waals surface area (Å²) in [5.41, 5.74) is 0.970. The molecule has 2 aromatic heterocycles. The highest BCUT2D eigenvalue weighted by atomic mass is 19.1. The molecule has 0 unspecified atom stereocenters. The van der Waals surface area contributed by atoms with Crippen molar-refractivity contribution in [2.75, 3.05) is 37.8 Å². The molecule has 30 heavy (non-hydrogen) atoms. The fourth-order valence-electron chi connectivity index (χ4n) is 2.71. The minimum Gasteiger partial charge on any atom is -0.354 e. The van der Waals surface area contributed by atoms with Crippen molar-refractivity contribution in [2.45, 2.75) is 6.42 Å². The molecular weight excluding hydrogens is 389 g/mol. The lowest BCUT2D eigenvalue weighted by Crippen LogP contribution is -2.17. The van der Waals surface area contributed by atoms with Crippen LogP contribution in [0.4, 0.5) is 27.5 Å². The number of nitro benzene ring substituents is 1. The summed E-state index contributed by atoms with van der Waals surface area (Å²) in [6.07, 6.45) is 2.56. The minimum absolute atomic E-state index is 0.340. The normalized spacial score (nSPS) is 10.8. The molecule has 10 heteroatoms. The Labute approximate surface area is 173 Å². The molecule has 0 spiro atoms. The first kappa shape index (κ1) is 21.1. The molecule has 9 nitrogen and oxygen atoms in total. The summed E-state index contributed by atoms with van der Waals surface area (Å²) < 4.78 is 13.6. The maximum absolute atomic E-state index is 13.6. The Kier molecular flexibility index (Phi) is 6.81. The maximum Gasteiger partial charge on any atom is 0.306 e. The van der Waals surface area contributed by atoms with Gasteiger partial charge in [0.2, 0.25) is 11.8 Å². The van der Waals surface area contributed by atoms with Gasteiger partial charge in [-0.25, -0.2) is 4.98 Å². The monoisotopic (exact) mass is 411 g/mol. The molecule has 0 atom stereocenters. The number of benzene rings is 1. The number of hydrogen-bond donors (Lipinski definition) is 2. The van der Waals surface area contributed by atoms with E-state index in [1.54, 1.807) is 12.3 Å². The molecule has 0 saturated heterocycles. The predicted octanol–water partition coefficient (Wildman–Crippen LogP) is 3.69. The predicted molar refractivity (Wildman–Crippen MR) is 113 cm³/mol. The number of pyridine rings is 1. The van der Waals surface area contributed by atoms with Crippen LogP contribution in [0.3, 0.4) is 0 Å². The quantitative estimate of drug-likeness (QED) is 0.312. The first-order valence-electron chi connectivity index (χ1n) is 9.32. The van der Waals surface area contributed by atoms with Gasteiger partial charge in [-0.15, -0.1) is 0 Å². The third-order valence-electron chi connectivity index (χ3n) is 4.13. The number of halogens is 1. The zero-order valence-electron chi connectivity index (χ0n) is 16.7. The molecule has 0 fully saturated rings. The van der Waals surface area contributed by atoms with E-state index in [0.29, 0.717) is 35.4 Å². The second-order valence-corrected chi connectivity index (χ2v) is 6.81. The molecule has 3 rings (SSSR count). The number of rotatable bonds is 9. The van der Waals surface area contributed by atoms with Crippen molar-refractivity contribution in [1.82, 2.24) is 19.9 Å². The number of hydrogen-bond acceptors (Lipinski definition) is 8. The number of anilines is 3. The largest absolute Gasteiger partial charge is 0.354 e. The second kappa shape index (κ2) is 9.70. The molecule has 0 amide bonds. The van der Waals surface area contributed by atoms with Crippen LogP contribution in [-0.2, 0) is 0 Å². The Bertz CT molecular complexity index is 1020. The molecule has 2 heterocycles. The van der Waals surface area contributed by atoms with Crippen LogP contribution in [0, 0.1) is 15.9 Å². The highest BCUT2D eigenvalue weighted by Gasteiger charge is 2.15. The van der Waals surface area contributed by atoms with Crippen LogP contribution < -0.4 is 10.6 Å². The average Bonchev–Trinajstić information content (AvgIpc) is 2.73. The van der Waals surface area contributed by atoms with Crippen LogP contribution in [0.2, 0.25) is 0 Å². The zero-order chi connectivity index (χ0) is 21.5. The lowest BCUT2D eigenvalue weighted by Gasteiger charge is -2.12. The molecule has 3 aromatic rings. The van der Waals surface area contributed by atoms with Gasteiger partial charge in [-0.3, -0.25) is 15.1 Å². The van der Waals surface area contributed by atoms with E-state index in [-0.39, 0.29) is 0 Å². The summed E-state index contributed by atoms with van der Waals surface area (Å²) in [7, 11) is 4.00. The number of aromatic nitrogens is 3. The molecule has 2 N–H and O–H groups in total. The molecule has 0 aliphatic rings. The fraction of sp³-hybridized carbons (Fsp3) is 0.250. The van der Waals surface area contributed by atoms with Crippen molar-refractivity contribution in [1.29, 1.82) is 0 Å². The van der Waals surface area contributed by atoms with E-state index in [4.69, 9.17) is 0 Å². The van der Waals surface area contributed by atoms with Gasteiger partial charge in [0.1, 0.15) is 5.82 Å². The van der Waals surface area contributed by atoms with E-state index in [0.717, 1.165) is 25.1 Å². The highest BCUT2D eigenvalue weighted by Crippen LogP contribution is 2.26. The average molecular weight is 411 g/mol. The molecule has 0 radical (unpaired) electrons.